The summed E-state index contributed by atoms with van der Waals surface area (Å²) in [4.78, 5) is 0. The highest BCUT2D eigenvalue weighted by Gasteiger charge is 2.05. The van der Waals surface area contributed by atoms with E-state index in [1.165, 1.54) is 0 Å². The van der Waals surface area contributed by atoms with Gasteiger partial charge in [0.2, 0.25) is 0 Å². The Morgan fingerprint density at radius 1 is 1.54 bits per heavy atom. The van der Waals surface area contributed by atoms with Gasteiger partial charge in [-0.2, -0.15) is 0 Å². The molecule has 0 spiro atoms. The predicted octanol–water partition coefficient (Wildman–Crippen LogP) is 3.22. The average Bonchev–Trinajstić information content (AvgIpc) is 2.10. The van der Waals surface area contributed by atoms with Crippen molar-refractivity contribution in [2.24, 2.45) is 0 Å². The monoisotopic (exact) mass is 263 g/mol. The van der Waals surface area contributed by atoms with Gasteiger partial charge in [-0.3, -0.25) is 0 Å². The van der Waals surface area contributed by atoms with E-state index in [4.69, 9.17) is 22.1 Å². The fraction of sp³-hybridized carbons (Fsp3) is 0.333. The highest BCUT2D eigenvalue weighted by Crippen LogP contribution is 2.30. The number of nitrogen functional groups attached to an aromatic ring is 1. The Morgan fingerprint density at radius 3 is 2.77 bits per heavy atom. The lowest BCUT2D eigenvalue weighted by Crippen LogP contribution is -1.97. The van der Waals surface area contributed by atoms with E-state index in [9.17, 15) is 0 Å². The molecule has 0 aliphatic carbocycles. The first-order valence-electron chi connectivity index (χ1n) is 3.95. The van der Waals surface area contributed by atoms with Crippen LogP contribution in [0.5, 0.6) is 5.75 Å². The van der Waals surface area contributed by atoms with Gasteiger partial charge in [0.15, 0.2) is 0 Å². The van der Waals surface area contributed by atoms with E-state index in [-0.39, 0.29) is 0 Å². The van der Waals surface area contributed by atoms with E-state index in [1.807, 2.05) is 13.0 Å². The van der Waals surface area contributed by atoms with Crippen LogP contribution >= 0.6 is 27.5 Å². The first kappa shape index (κ1) is 10.7. The van der Waals surface area contributed by atoms with Crippen LogP contribution in [0.2, 0.25) is 5.02 Å². The van der Waals surface area contributed by atoms with Crippen LogP contribution in [-0.4, -0.2) is 6.61 Å². The zero-order valence-electron chi connectivity index (χ0n) is 7.31. The fourth-order valence-corrected chi connectivity index (χ4v) is 1.70. The van der Waals surface area contributed by atoms with Crippen LogP contribution in [0, 0.1) is 0 Å². The van der Waals surface area contributed by atoms with Gasteiger partial charge in [0.05, 0.1) is 11.6 Å². The molecule has 0 aliphatic heterocycles. The second-order valence-electron chi connectivity index (χ2n) is 2.55. The Hall–Kier alpha value is -0.410. The number of hydrogen-bond donors (Lipinski definition) is 1. The van der Waals surface area contributed by atoms with Gasteiger partial charge in [0.25, 0.3) is 0 Å². The maximum Gasteiger partial charge on any atom is 0.138 e. The van der Waals surface area contributed by atoms with E-state index in [2.05, 4.69) is 15.9 Å². The number of alkyl halides is 1. The van der Waals surface area contributed by atoms with Crippen LogP contribution in [0.4, 0.5) is 5.69 Å². The summed E-state index contributed by atoms with van der Waals surface area (Å²) in [6.07, 6.45) is 0. The van der Waals surface area contributed by atoms with Crippen molar-refractivity contribution >= 4 is 33.2 Å². The van der Waals surface area contributed by atoms with Gasteiger partial charge in [-0.15, -0.1) is 0 Å². The molecule has 0 atom stereocenters. The molecule has 2 nitrogen and oxygen atoms in total. The topological polar surface area (TPSA) is 35.2 Å². The molecule has 0 radical (unpaired) electrons. The Kier molecular flexibility index (Phi) is 3.88. The van der Waals surface area contributed by atoms with Crippen molar-refractivity contribution in [3.05, 3.63) is 22.7 Å². The largest absolute Gasteiger partial charge is 0.492 e. The van der Waals surface area contributed by atoms with Gasteiger partial charge < -0.3 is 10.5 Å². The molecule has 0 bridgehead atoms. The summed E-state index contributed by atoms with van der Waals surface area (Å²) < 4.78 is 5.33. The number of halogens is 2. The summed E-state index contributed by atoms with van der Waals surface area (Å²) in [6.45, 7) is 2.52. The third-order valence-corrected chi connectivity index (χ3v) is 2.54. The maximum atomic E-state index is 5.92. The molecule has 1 aromatic rings. The van der Waals surface area contributed by atoms with Gasteiger partial charge >= 0.3 is 0 Å². The minimum absolute atomic E-state index is 0.559. The minimum Gasteiger partial charge on any atom is -0.492 e. The molecule has 1 rings (SSSR count). The molecule has 13 heavy (non-hydrogen) atoms. The van der Waals surface area contributed by atoms with Crippen molar-refractivity contribution in [2.45, 2.75) is 12.3 Å². The van der Waals surface area contributed by atoms with Crippen molar-refractivity contribution in [3.63, 3.8) is 0 Å². The summed E-state index contributed by atoms with van der Waals surface area (Å²) in [5.41, 5.74) is 7.41. The number of rotatable bonds is 3. The maximum absolute atomic E-state index is 5.92. The molecule has 2 N–H and O–H groups in total. The highest BCUT2D eigenvalue weighted by atomic mass is 79.9. The highest BCUT2D eigenvalue weighted by molar-refractivity contribution is 9.08. The normalized spacial score (nSPS) is 10.1. The number of ether oxygens (including phenoxy) is 1. The third-order valence-electron chi connectivity index (χ3n) is 1.64. The van der Waals surface area contributed by atoms with Crippen molar-refractivity contribution in [2.75, 3.05) is 12.3 Å². The van der Waals surface area contributed by atoms with Crippen LogP contribution in [0.25, 0.3) is 0 Å². The Balaban J connectivity index is 3.06. The number of hydrogen-bond acceptors (Lipinski definition) is 2. The third kappa shape index (κ3) is 2.51. The quantitative estimate of drug-likeness (QED) is 0.672. The van der Waals surface area contributed by atoms with E-state index < -0.39 is 0 Å². The second kappa shape index (κ2) is 4.72. The van der Waals surface area contributed by atoms with Crippen LogP contribution in [-0.2, 0) is 5.33 Å². The smallest absolute Gasteiger partial charge is 0.138 e. The van der Waals surface area contributed by atoms with Gasteiger partial charge in [-0.05, 0) is 24.6 Å². The SMILES string of the molecule is CCOc1cc(CBr)c(N)cc1Cl. The van der Waals surface area contributed by atoms with E-state index in [1.54, 1.807) is 6.07 Å². The number of benzene rings is 1. The summed E-state index contributed by atoms with van der Waals surface area (Å²) in [5.74, 6) is 0.688. The number of nitrogens with two attached hydrogens (primary N) is 1. The molecular formula is C9H11BrClNO. The van der Waals surface area contributed by atoms with Crippen molar-refractivity contribution in [1.82, 2.24) is 0 Å². The van der Waals surface area contributed by atoms with Crippen molar-refractivity contribution in [3.8, 4) is 5.75 Å². The summed E-state index contributed by atoms with van der Waals surface area (Å²) in [7, 11) is 0. The van der Waals surface area contributed by atoms with Crippen LogP contribution in [0.3, 0.4) is 0 Å². The molecule has 0 unspecified atom stereocenters. The van der Waals surface area contributed by atoms with E-state index in [0.717, 1.165) is 5.56 Å². The Morgan fingerprint density at radius 2 is 2.23 bits per heavy atom. The molecule has 1 aromatic carbocycles. The van der Waals surface area contributed by atoms with E-state index in [0.29, 0.717) is 28.4 Å². The first-order chi connectivity index (χ1) is 6.19. The first-order valence-corrected chi connectivity index (χ1v) is 5.45. The van der Waals surface area contributed by atoms with Crippen molar-refractivity contribution < 1.29 is 4.74 Å². The number of anilines is 1. The second-order valence-corrected chi connectivity index (χ2v) is 3.52. The predicted molar refractivity (Wildman–Crippen MR) is 59.7 cm³/mol. The van der Waals surface area contributed by atoms with E-state index >= 15 is 0 Å². The summed E-state index contributed by atoms with van der Waals surface area (Å²) >= 11 is 9.26. The van der Waals surface area contributed by atoms with Crippen LogP contribution < -0.4 is 10.5 Å². The average molecular weight is 265 g/mol. The molecule has 0 saturated carbocycles. The molecular weight excluding hydrogens is 253 g/mol. The zero-order chi connectivity index (χ0) is 9.84. The molecule has 0 aliphatic rings. The molecule has 0 heterocycles. The molecule has 0 saturated heterocycles. The fourth-order valence-electron chi connectivity index (χ4n) is 0.993. The Labute approximate surface area is 91.2 Å². The summed E-state index contributed by atoms with van der Waals surface area (Å²) in [6, 6.07) is 3.57. The lowest BCUT2D eigenvalue weighted by atomic mass is 10.2. The molecule has 72 valence electrons. The lowest BCUT2D eigenvalue weighted by molar-refractivity contribution is 0.340. The van der Waals surface area contributed by atoms with Gasteiger partial charge in [-0.25, -0.2) is 0 Å². The molecule has 0 aromatic heterocycles. The standard InChI is InChI=1S/C9H11BrClNO/c1-2-13-9-3-6(5-10)8(12)4-7(9)11/h3-4H,2,5,12H2,1H3. The van der Waals surface area contributed by atoms with Crippen LogP contribution in [0.1, 0.15) is 12.5 Å². The van der Waals surface area contributed by atoms with Crippen molar-refractivity contribution in [1.29, 1.82) is 0 Å². The van der Waals surface area contributed by atoms with Gasteiger partial charge in [0.1, 0.15) is 5.75 Å². The molecule has 0 amide bonds. The minimum atomic E-state index is 0.559. The van der Waals surface area contributed by atoms with Gasteiger partial charge in [-0.1, -0.05) is 27.5 Å². The Bertz CT molecular complexity index is 304. The van der Waals surface area contributed by atoms with Crippen LogP contribution in [0.15, 0.2) is 12.1 Å². The van der Waals surface area contributed by atoms with Gasteiger partial charge in [0, 0.05) is 11.0 Å². The lowest BCUT2D eigenvalue weighted by Gasteiger charge is -2.09. The summed E-state index contributed by atoms with van der Waals surface area (Å²) in [5, 5.41) is 1.26. The molecule has 4 heteroatoms. The zero-order valence-corrected chi connectivity index (χ0v) is 9.65. The molecule has 0 fully saturated rings.